The topological polar surface area (TPSA) is 75.6 Å². The Morgan fingerprint density at radius 1 is 1.21 bits per heavy atom. The molecule has 0 aliphatic rings. The van der Waals surface area contributed by atoms with Crippen molar-refractivity contribution in [1.82, 2.24) is 5.32 Å². The Hall–Kier alpha value is -2.89. The number of halogens is 1. The Bertz CT molecular complexity index is 743. The maximum atomic E-state index is 12.8. The molecule has 0 fully saturated rings. The largest absolute Gasteiger partial charge is 0.508 e. The van der Waals surface area contributed by atoms with Gasteiger partial charge in [0.2, 0.25) is 0 Å². The lowest BCUT2D eigenvalue weighted by atomic mass is 10.1. The van der Waals surface area contributed by atoms with Crippen LogP contribution in [0.3, 0.4) is 0 Å². The molecule has 0 unspecified atom stereocenters. The predicted octanol–water partition coefficient (Wildman–Crippen LogP) is 2.70. The molecule has 0 heterocycles. The second-order valence-corrected chi connectivity index (χ2v) is 5.39. The fourth-order valence-corrected chi connectivity index (χ4v) is 1.95. The number of aryl methyl sites for hydroxylation is 1. The SMILES string of the molecule is Cc1ccc(C(=O)O[C@@H](C)C(=O)NCc2ccc(F)cc2)cc1O. The number of aromatic hydroxyl groups is 1. The summed E-state index contributed by atoms with van der Waals surface area (Å²) in [7, 11) is 0. The summed E-state index contributed by atoms with van der Waals surface area (Å²) in [4.78, 5) is 23.9. The van der Waals surface area contributed by atoms with E-state index in [4.69, 9.17) is 4.74 Å². The van der Waals surface area contributed by atoms with Gasteiger partial charge in [-0.2, -0.15) is 0 Å². The highest BCUT2D eigenvalue weighted by molar-refractivity contribution is 5.92. The monoisotopic (exact) mass is 331 g/mol. The first kappa shape index (κ1) is 17.5. The minimum absolute atomic E-state index is 0.0159. The highest BCUT2D eigenvalue weighted by atomic mass is 19.1. The Balaban J connectivity index is 1.89. The van der Waals surface area contributed by atoms with Gasteiger partial charge in [-0.25, -0.2) is 9.18 Å². The molecule has 5 nitrogen and oxygen atoms in total. The Kier molecular flexibility index (Phi) is 5.52. The minimum atomic E-state index is -0.999. The highest BCUT2D eigenvalue weighted by Crippen LogP contribution is 2.18. The van der Waals surface area contributed by atoms with Crippen molar-refractivity contribution in [3.63, 3.8) is 0 Å². The van der Waals surface area contributed by atoms with Crippen LogP contribution in [0.4, 0.5) is 4.39 Å². The molecule has 2 rings (SSSR count). The molecule has 0 radical (unpaired) electrons. The van der Waals surface area contributed by atoms with Crippen molar-refractivity contribution in [1.29, 1.82) is 0 Å². The zero-order valence-electron chi connectivity index (χ0n) is 13.4. The Labute approximate surface area is 139 Å². The number of ether oxygens (including phenoxy) is 1. The number of nitrogens with one attached hydrogen (secondary N) is 1. The van der Waals surface area contributed by atoms with Crippen LogP contribution in [0.25, 0.3) is 0 Å². The number of amides is 1. The molecule has 126 valence electrons. The van der Waals surface area contributed by atoms with E-state index in [-0.39, 0.29) is 23.7 Å². The van der Waals surface area contributed by atoms with Crippen LogP contribution in [-0.4, -0.2) is 23.1 Å². The molecule has 0 aliphatic heterocycles. The van der Waals surface area contributed by atoms with Crippen LogP contribution in [0, 0.1) is 12.7 Å². The smallest absolute Gasteiger partial charge is 0.339 e. The van der Waals surface area contributed by atoms with Gasteiger partial charge in [0.25, 0.3) is 5.91 Å². The summed E-state index contributed by atoms with van der Waals surface area (Å²) in [6.45, 7) is 3.36. The van der Waals surface area contributed by atoms with E-state index in [0.29, 0.717) is 5.56 Å². The number of esters is 1. The zero-order valence-corrected chi connectivity index (χ0v) is 13.4. The van der Waals surface area contributed by atoms with Crippen LogP contribution in [0.5, 0.6) is 5.75 Å². The third-order valence-electron chi connectivity index (χ3n) is 3.48. The molecule has 2 aromatic rings. The van der Waals surface area contributed by atoms with Gasteiger partial charge in [-0.3, -0.25) is 4.79 Å². The van der Waals surface area contributed by atoms with Gasteiger partial charge in [0, 0.05) is 6.54 Å². The van der Waals surface area contributed by atoms with Crippen LogP contribution in [0.1, 0.15) is 28.4 Å². The molecular weight excluding hydrogens is 313 g/mol. The summed E-state index contributed by atoms with van der Waals surface area (Å²) in [6, 6.07) is 10.1. The van der Waals surface area contributed by atoms with Crippen molar-refractivity contribution in [2.75, 3.05) is 0 Å². The van der Waals surface area contributed by atoms with Gasteiger partial charge in [-0.1, -0.05) is 18.2 Å². The summed E-state index contributed by atoms with van der Waals surface area (Å²) >= 11 is 0. The van der Waals surface area contributed by atoms with Crippen molar-refractivity contribution in [2.24, 2.45) is 0 Å². The van der Waals surface area contributed by atoms with E-state index in [9.17, 15) is 19.1 Å². The maximum absolute atomic E-state index is 12.8. The number of hydrogen-bond donors (Lipinski definition) is 2. The lowest BCUT2D eigenvalue weighted by Gasteiger charge is -2.14. The fourth-order valence-electron chi connectivity index (χ4n) is 1.95. The summed E-state index contributed by atoms with van der Waals surface area (Å²) < 4.78 is 17.9. The molecule has 2 aromatic carbocycles. The van der Waals surface area contributed by atoms with Crippen molar-refractivity contribution in [2.45, 2.75) is 26.5 Å². The fraction of sp³-hybridized carbons (Fsp3) is 0.222. The lowest BCUT2D eigenvalue weighted by Crippen LogP contribution is -2.35. The molecule has 2 N–H and O–H groups in total. The van der Waals surface area contributed by atoms with Gasteiger partial charge in [0.1, 0.15) is 11.6 Å². The molecular formula is C18H18FNO4. The minimum Gasteiger partial charge on any atom is -0.508 e. The maximum Gasteiger partial charge on any atom is 0.339 e. The molecule has 0 spiro atoms. The number of phenolic OH excluding ortho intramolecular Hbond substituents is 1. The summed E-state index contributed by atoms with van der Waals surface area (Å²) in [6.07, 6.45) is -0.999. The van der Waals surface area contributed by atoms with Crippen molar-refractivity contribution < 1.29 is 23.8 Å². The van der Waals surface area contributed by atoms with E-state index in [1.807, 2.05) is 0 Å². The molecule has 0 aliphatic carbocycles. The van der Waals surface area contributed by atoms with Crippen LogP contribution in [-0.2, 0) is 16.1 Å². The number of carbonyl (C=O) groups excluding carboxylic acids is 2. The van der Waals surface area contributed by atoms with Gasteiger partial charge in [-0.05, 0) is 49.2 Å². The van der Waals surface area contributed by atoms with Gasteiger partial charge in [0.15, 0.2) is 6.10 Å². The predicted molar refractivity (Wildman–Crippen MR) is 86.0 cm³/mol. The molecule has 0 saturated carbocycles. The first-order chi connectivity index (χ1) is 11.4. The molecule has 0 saturated heterocycles. The number of benzene rings is 2. The summed E-state index contributed by atoms with van der Waals surface area (Å²) in [5.41, 5.74) is 1.53. The van der Waals surface area contributed by atoms with Crippen molar-refractivity contribution >= 4 is 11.9 Å². The Morgan fingerprint density at radius 3 is 2.50 bits per heavy atom. The van der Waals surface area contributed by atoms with E-state index in [1.54, 1.807) is 25.1 Å². The van der Waals surface area contributed by atoms with Crippen LogP contribution < -0.4 is 5.32 Å². The van der Waals surface area contributed by atoms with E-state index in [1.165, 1.54) is 31.2 Å². The number of hydrogen-bond acceptors (Lipinski definition) is 4. The van der Waals surface area contributed by atoms with E-state index < -0.39 is 18.0 Å². The standard InChI is InChI=1S/C18H18FNO4/c1-11-3-6-14(9-16(11)21)18(23)24-12(2)17(22)20-10-13-4-7-15(19)8-5-13/h3-9,12,21H,10H2,1-2H3,(H,20,22)/t12-/m0/s1. The third kappa shape index (κ3) is 4.55. The average molecular weight is 331 g/mol. The second kappa shape index (κ2) is 7.59. The van der Waals surface area contributed by atoms with E-state index in [2.05, 4.69) is 5.32 Å². The Morgan fingerprint density at radius 2 is 1.88 bits per heavy atom. The zero-order chi connectivity index (χ0) is 17.7. The van der Waals surface area contributed by atoms with E-state index >= 15 is 0 Å². The van der Waals surface area contributed by atoms with Gasteiger partial charge in [-0.15, -0.1) is 0 Å². The highest BCUT2D eigenvalue weighted by Gasteiger charge is 2.19. The van der Waals surface area contributed by atoms with E-state index in [0.717, 1.165) is 5.56 Å². The molecule has 0 bridgehead atoms. The van der Waals surface area contributed by atoms with Crippen LogP contribution in [0.2, 0.25) is 0 Å². The van der Waals surface area contributed by atoms with Crippen LogP contribution in [0.15, 0.2) is 42.5 Å². The molecule has 1 amide bonds. The molecule has 0 aromatic heterocycles. The first-order valence-corrected chi connectivity index (χ1v) is 7.39. The number of carbonyl (C=O) groups is 2. The second-order valence-electron chi connectivity index (χ2n) is 5.39. The third-order valence-corrected chi connectivity index (χ3v) is 3.48. The quantitative estimate of drug-likeness (QED) is 0.826. The lowest BCUT2D eigenvalue weighted by molar-refractivity contribution is -0.129. The van der Waals surface area contributed by atoms with Crippen LogP contribution >= 0.6 is 0 Å². The number of rotatable bonds is 5. The van der Waals surface area contributed by atoms with Gasteiger partial charge >= 0.3 is 5.97 Å². The summed E-state index contributed by atoms with van der Waals surface area (Å²) in [5, 5.41) is 12.2. The normalized spacial score (nSPS) is 11.6. The summed E-state index contributed by atoms with van der Waals surface area (Å²) in [5.74, 6) is -1.54. The van der Waals surface area contributed by atoms with Gasteiger partial charge in [0.05, 0.1) is 5.56 Å². The molecule has 1 atom stereocenters. The molecule has 24 heavy (non-hydrogen) atoms. The van der Waals surface area contributed by atoms with Crippen molar-refractivity contribution in [3.05, 3.63) is 65.0 Å². The first-order valence-electron chi connectivity index (χ1n) is 7.39. The average Bonchev–Trinajstić information content (AvgIpc) is 2.56. The van der Waals surface area contributed by atoms with Crippen molar-refractivity contribution in [3.8, 4) is 5.75 Å². The van der Waals surface area contributed by atoms with Gasteiger partial charge < -0.3 is 15.2 Å². The number of phenols is 1. The molecule has 6 heteroatoms.